The summed E-state index contributed by atoms with van der Waals surface area (Å²) in [5, 5.41) is 0. The van der Waals surface area contributed by atoms with Crippen LogP contribution in [-0.2, 0) is 0 Å². The zero-order valence-electron chi connectivity index (χ0n) is 10.5. The molecule has 1 aliphatic carbocycles. The Kier molecular flexibility index (Phi) is 3.67. The standard InChI is InChI=1S/C14H20FNO/c1-9-7-14(17-6-5-11-3-4-11)12(10(2)16)8-13(9)15/h7-8,10-11H,3-6,16H2,1-2H3/t10-/m1/s1. The molecule has 0 amide bonds. The molecule has 1 aromatic carbocycles. The van der Waals surface area contributed by atoms with E-state index in [1.54, 1.807) is 13.0 Å². The average Bonchev–Trinajstić information content (AvgIpc) is 3.06. The Morgan fingerprint density at radius 3 is 2.76 bits per heavy atom. The molecular weight excluding hydrogens is 217 g/mol. The van der Waals surface area contributed by atoms with E-state index < -0.39 is 0 Å². The van der Waals surface area contributed by atoms with Gasteiger partial charge >= 0.3 is 0 Å². The molecule has 1 fully saturated rings. The van der Waals surface area contributed by atoms with E-state index in [1.807, 2.05) is 6.92 Å². The number of aryl methyl sites for hydroxylation is 1. The number of hydrogen-bond donors (Lipinski definition) is 1. The molecule has 0 aliphatic heterocycles. The Morgan fingerprint density at radius 2 is 2.18 bits per heavy atom. The van der Waals surface area contributed by atoms with Crippen LogP contribution < -0.4 is 10.5 Å². The fraction of sp³-hybridized carbons (Fsp3) is 0.571. The Morgan fingerprint density at radius 1 is 1.47 bits per heavy atom. The van der Waals surface area contributed by atoms with Crippen molar-refractivity contribution < 1.29 is 9.13 Å². The summed E-state index contributed by atoms with van der Waals surface area (Å²) in [5.74, 6) is 1.36. The number of halogens is 1. The van der Waals surface area contributed by atoms with Gasteiger partial charge in [0, 0.05) is 11.6 Å². The van der Waals surface area contributed by atoms with Crippen molar-refractivity contribution in [3.63, 3.8) is 0 Å². The minimum Gasteiger partial charge on any atom is -0.493 e. The molecule has 0 bridgehead atoms. The van der Waals surface area contributed by atoms with E-state index in [1.165, 1.54) is 18.9 Å². The van der Waals surface area contributed by atoms with E-state index in [9.17, 15) is 4.39 Å². The van der Waals surface area contributed by atoms with Crippen LogP contribution in [0.25, 0.3) is 0 Å². The molecular formula is C14H20FNO. The highest BCUT2D eigenvalue weighted by molar-refractivity contribution is 5.39. The van der Waals surface area contributed by atoms with Crippen molar-refractivity contribution in [2.45, 2.75) is 39.2 Å². The molecule has 0 aromatic heterocycles. The summed E-state index contributed by atoms with van der Waals surface area (Å²) in [6, 6.07) is 3.04. The van der Waals surface area contributed by atoms with Crippen LogP contribution in [0.5, 0.6) is 5.75 Å². The van der Waals surface area contributed by atoms with Gasteiger partial charge in [0.2, 0.25) is 0 Å². The quantitative estimate of drug-likeness (QED) is 0.852. The second-order valence-electron chi connectivity index (χ2n) is 5.01. The lowest BCUT2D eigenvalue weighted by Gasteiger charge is -2.15. The van der Waals surface area contributed by atoms with Gasteiger partial charge < -0.3 is 10.5 Å². The van der Waals surface area contributed by atoms with E-state index >= 15 is 0 Å². The summed E-state index contributed by atoms with van der Waals surface area (Å²) in [7, 11) is 0. The van der Waals surface area contributed by atoms with E-state index in [4.69, 9.17) is 10.5 Å². The third-order valence-corrected chi connectivity index (χ3v) is 3.26. The van der Waals surface area contributed by atoms with Gasteiger partial charge in [0.1, 0.15) is 11.6 Å². The first-order valence-corrected chi connectivity index (χ1v) is 6.26. The predicted molar refractivity (Wildman–Crippen MR) is 66.6 cm³/mol. The molecule has 2 rings (SSSR count). The Bertz CT molecular complexity index is 399. The zero-order valence-corrected chi connectivity index (χ0v) is 10.5. The van der Waals surface area contributed by atoms with E-state index in [0.717, 1.165) is 23.7 Å². The van der Waals surface area contributed by atoms with Gasteiger partial charge in [0.25, 0.3) is 0 Å². The molecule has 3 heteroatoms. The summed E-state index contributed by atoms with van der Waals surface area (Å²) < 4.78 is 19.2. The van der Waals surface area contributed by atoms with Gasteiger partial charge in [-0.25, -0.2) is 4.39 Å². The lowest BCUT2D eigenvalue weighted by Crippen LogP contribution is -2.10. The van der Waals surface area contributed by atoms with Crippen LogP contribution in [0.2, 0.25) is 0 Å². The van der Waals surface area contributed by atoms with E-state index in [-0.39, 0.29) is 11.9 Å². The molecule has 0 saturated heterocycles. The smallest absolute Gasteiger partial charge is 0.126 e. The van der Waals surface area contributed by atoms with Gasteiger partial charge in [-0.2, -0.15) is 0 Å². The van der Waals surface area contributed by atoms with Crippen molar-refractivity contribution in [2.75, 3.05) is 6.61 Å². The Balaban J connectivity index is 2.08. The molecule has 94 valence electrons. The van der Waals surface area contributed by atoms with Crippen molar-refractivity contribution in [3.8, 4) is 5.75 Å². The maximum absolute atomic E-state index is 13.5. The summed E-state index contributed by atoms with van der Waals surface area (Å²) in [5.41, 5.74) is 7.19. The van der Waals surface area contributed by atoms with Crippen molar-refractivity contribution >= 4 is 0 Å². The van der Waals surface area contributed by atoms with Crippen LogP contribution in [0.3, 0.4) is 0 Å². The number of ether oxygens (including phenoxy) is 1. The molecule has 1 atom stereocenters. The van der Waals surface area contributed by atoms with Gasteiger partial charge in [-0.3, -0.25) is 0 Å². The Labute approximate surface area is 102 Å². The molecule has 1 aromatic rings. The van der Waals surface area contributed by atoms with Crippen LogP contribution in [0, 0.1) is 18.7 Å². The minimum atomic E-state index is -0.216. The highest BCUT2D eigenvalue weighted by Gasteiger charge is 2.21. The number of benzene rings is 1. The predicted octanol–water partition coefficient (Wildman–Crippen LogP) is 3.33. The van der Waals surface area contributed by atoms with E-state index in [0.29, 0.717) is 12.2 Å². The van der Waals surface area contributed by atoms with E-state index in [2.05, 4.69) is 0 Å². The maximum atomic E-state index is 13.5. The second-order valence-corrected chi connectivity index (χ2v) is 5.01. The molecule has 0 spiro atoms. The first kappa shape index (κ1) is 12.4. The summed E-state index contributed by atoms with van der Waals surface area (Å²) >= 11 is 0. The van der Waals surface area contributed by atoms with Crippen molar-refractivity contribution in [3.05, 3.63) is 29.1 Å². The highest BCUT2D eigenvalue weighted by Crippen LogP contribution is 2.33. The molecule has 0 radical (unpaired) electrons. The zero-order chi connectivity index (χ0) is 12.4. The number of rotatable bonds is 5. The lowest BCUT2D eigenvalue weighted by molar-refractivity contribution is 0.297. The van der Waals surface area contributed by atoms with Gasteiger partial charge in [-0.15, -0.1) is 0 Å². The number of nitrogens with two attached hydrogens (primary N) is 1. The van der Waals surface area contributed by atoms with Gasteiger partial charge in [0.15, 0.2) is 0 Å². The van der Waals surface area contributed by atoms with Crippen LogP contribution in [-0.4, -0.2) is 6.61 Å². The minimum absolute atomic E-state index is 0.207. The molecule has 0 unspecified atom stereocenters. The lowest BCUT2D eigenvalue weighted by atomic mass is 10.1. The fourth-order valence-electron chi connectivity index (χ4n) is 1.89. The topological polar surface area (TPSA) is 35.2 Å². The molecule has 0 heterocycles. The van der Waals surface area contributed by atoms with Gasteiger partial charge in [-0.1, -0.05) is 12.8 Å². The molecule has 2 N–H and O–H groups in total. The van der Waals surface area contributed by atoms with Crippen LogP contribution in [0.1, 0.15) is 43.4 Å². The number of hydrogen-bond acceptors (Lipinski definition) is 2. The van der Waals surface area contributed by atoms with Crippen molar-refractivity contribution in [1.82, 2.24) is 0 Å². The molecule has 17 heavy (non-hydrogen) atoms. The van der Waals surface area contributed by atoms with Crippen LogP contribution >= 0.6 is 0 Å². The third kappa shape index (κ3) is 3.19. The first-order chi connectivity index (χ1) is 8.08. The summed E-state index contributed by atoms with van der Waals surface area (Å²) in [6.07, 6.45) is 3.74. The van der Waals surface area contributed by atoms with Gasteiger partial charge in [-0.05, 0) is 43.9 Å². The SMILES string of the molecule is Cc1cc(OCCC2CC2)c([C@@H](C)N)cc1F. The Hall–Kier alpha value is -1.09. The average molecular weight is 237 g/mol. The summed E-state index contributed by atoms with van der Waals surface area (Å²) in [4.78, 5) is 0. The van der Waals surface area contributed by atoms with Crippen LogP contribution in [0.15, 0.2) is 12.1 Å². The second kappa shape index (κ2) is 5.05. The van der Waals surface area contributed by atoms with Crippen molar-refractivity contribution in [1.29, 1.82) is 0 Å². The highest BCUT2D eigenvalue weighted by atomic mass is 19.1. The fourth-order valence-corrected chi connectivity index (χ4v) is 1.89. The monoisotopic (exact) mass is 237 g/mol. The normalized spacial score (nSPS) is 16.9. The van der Waals surface area contributed by atoms with Gasteiger partial charge in [0.05, 0.1) is 6.61 Å². The molecule has 1 saturated carbocycles. The molecule has 2 nitrogen and oxygen atoms in total. The largest absolute Gasteiger partial charge is 0.493 e. The third-order valence-electron chi connectivity index (χ3n) is 3.26. The first-order valence-electron chi connectivity index (χ1n) is 6.26. The molecule has 1 aliphatic rings. The maximum Gasteiger partial charge on any atom is 0.126 e. The van der Waals surface area contributed by atoms with Crippen LogP contribution in [0.4, 0.5) is 4.39 Å². The summed E-state index contributed by atoms with van der Waals surface area (Å²) in [6.45, 7) is 4.29. The van der Waals surface area contributed by atoms with Crippen molar-refractivity contribution in [2.24, 2.45) is 11.7 Å².